The predicted molar refractivity (Wildman–Crippen MR) is 31.0 cm³/mol. The third-order valence-corrected chi connectivity index (χ3v) is 1.30. The maximum Gasteiger partial charge on any atom is 0.172 e. The van der Waals surface area contributed by atoms with E-state index in [-0.39, 0.29) is 0 Å². The van der Waals surface area contributed by atoms with Crippen LogP contribution >= 0.6 is 15.9 Å². The van der Waals surface area contributed by atoms with Crippen molar-refractivity contribution in [1.29, 1.82) is 5.26 Å². The van der Waals surface area contributed by atoms with Gasteiger partial charge in [-0.05, 0) is 15.9 Å². The summed E-state index contributed by atoms with van der Waals surface area (Å²) in [6.07, 6.45) is 1.46. The fourth-order valence-corrected chi connectivity index (χ4v) is 0.650. The molecule has 0 fully saturated rings. The molecule has 0 aliphatic heterocycles. The van der Waals surface area contributed by atoms with Gasteiger partial charge < -0.3 is 4.98 Å². The molecular formula is C4H2BrN3. The highest BCUT2D eigenvalue weighted by Crippen LogP contribution is 2.07. The Bertz CT molecular complexity index is 221. The van der Waals surface area contributed by atoms with Crippen LogP contribution in [-0.2, 0) is 0 Å². The lowest BCUT2D eigenvalue weighted by atomic mass is 10.6. The third kappa shape index (κ3) is 0.724. The van der Waals surface area contributed by atoms with Gasteiger partial charge in [0.2, 0.25) is 0 Å². The van der Waals surface area contributed by atoms with Crippen LogP contribution in [0.15, 0.2) is 10.9 Å². The molecule has 8 heavy (non-hydrogen) atoms. The number of halogens is 1. The number of imidazole rings is 1. The Balaban J connectivity index is 3.15. The molecule has 1 aromatic rings. The summed E-state index contributed by atoms with van der Waals surface area (Å²) in [5.74, 6) is 0. The highest BCUT2D eigenvalue weighted by atomic mass is 79.9. The quantitative estimate of drug-likeness (QED) is 0.635. The van der Waals surface area contributed by atoms with Crippen molar-refractivity contribution >= 4 is 15.9 Å². The average Bonchev–Trinajstić information content (AvgIpc) is 2.14. The lowest BCUT2D eigenvalue weighted by molar-refractivity contribution is 1.29. The highest BCUT2D eigenvalue weighted by Gasteiger charge is 1.96. The molecule has 0 saturated heterocycles. The molecule has 0 aliphatic carbocycles. The fourth-order valence-electron chi connectivity index (χ4n) is 0.356. The van der Waals surface area contributed by atoms with Crippen molar-refractivity contribution in [3.8, 4) is 6.07 Å². The molecule has 40 valence electrons. The molecule has 4 heteroatoms. The number of nitriles is 1. The molecule has 0 amide bonds. The molecule has 0 spiro atoms. The maximum atomic E-state index is 8.24. The molecule has 3 nitrogen and oxygen atoms in total. The van der Waals surface area contributed by atoms with Crippen molar-refractivity contribution in [2.45, 2.75) is 0 Å². The van der Waals surface area contributed by atoms with E-state index in [4.69, 9.17) is 5.26 Å². The summed E-state index contributed by atoms with van der Waals surface area (Å²) in [4.78, 5) is 6.37. The molecule has 0 radical (unpaired) electrons. The second-order valence-electron chi connectivity index (χ2n) is 1.18. The van der Waals surface area contributed by atoms with Crippen LogP contribution in [0.5, 0.6) is 0 Å². The lowest BCUT2D eigenvalue weighted by Gasteiger charge is -1.73. The van der Waals surface area contributed by atoms with E-state index >= 15 is 0 Å². The standard InChI is InChI=1S/C4H2BrN3/c5-4-3(1-6)7-2-8-4/h2H,(H,7,8). The van der Waals surface area contributed by atoms with Crippen molar-refractivity contribution < 1.29 is 0 Å². The van der Waals surface area contributed by atoms with Crippen molar-refractivity contribution in [2.24, 2.45) is 0 Å². The van der Waals surface area contributed by atoms with Gasteiger partial charge in [-0.25, -0.2) is 4.98 Å². The zero-order valence-electron chi connectivity index (χ0n) is 3.85. The van der Waals surface area contributed by atoms with Gasteiger partial charge in [0, 0.05) is 0 Å². The number of nitrogens with one attached hydrogen (secondary N) is 1. The van der Waals surface area contributed by atoms with Crippen molar-refractivity contribution in [3.63, 3.8) is 0 Å². The summed E-state index contributed by atoms with van der Waals surface area (Å²) in [5.41, 5.74) is 0.394. The number of hydrogen-bond acceptors (Lipinski definition) is 2. The highest BCUT2D eigenvalue weighted by molar-refractivity contribution is 9.10. The van der Waals surface area contributed by atoms with E-state index in [9.17, 15) is 0 Å². The number of nitrogens with zero attached hydrogens (tertiary/aromatic N) is 2. The van der Waals surface area contributed by atoms with Gasteiger partial charge in [-0.2, -0.15) is 5.26 Å². The second-order valence-corrected chi connectivity index (χ2v) is 1.97. The Morgan fingerprint density at radius 2 is 2.62 bits per heavy atom. The summed E-state index contributed by atoms with van der Waals surface area (Å²) >= 11 is 3.09. The van der Waals surface area contributed by atoms with E-state index in [1.807, 2.05) is 6.07 Å². The minimum Gasteiger partial charge on any atom is -0.338 e. The maximum absolute atomic E-state index is 8.24. The molecular weight excluding hydrogens is 170 g/mol. The minimum absolute atomic E-state index is 0.394. The zero-order valence-corrected chi connectivity index (χ0v) is 5.44. The van der Waals surface area contributed by atoms with E-state index < -0.39 is 0 Å². The van der Waals surface area contributed by atoms with Crippen LogP contribution in [0.4, 0.5) is 0 Å². The van der Waals surface area contributed by atoms with Gasteiger partial charge in [0.25, 0.3) is 0 Å². The first-order valence-corrected chi connectivity index (χ1v) is 2.73. The smallest absolute Gasteiger partial charge is 0.172 e. The molecule has 0 saturated carbocycles. The van der Waals surface area contributed by atoms with E-state index in [1.165, 1.54) is 6.33 Å². The predicted octanol–water partition coefficient (Wildman–Crippen LogP) is 1.04. The van der Waals surface area contributed by atoms with Gasteiger partial charge >= 0.3 is 0 Å². The van der Waals surface area contributed by atoms with Crippen LogP contribution in [0.25, 0.3) is 0 Å². The molecule has 1 aromatic heterocycles. The van der Waals surface area contributed by atoms with E-state index in [0.29, 0.717) is 10.3 Å². The first-order valence-electron chi connectivity index (χ1n) is 1.93. The molecule has 0 aromatic carbocycles. The molecule has 1 rings (SSSR count). The zero-order chi connectivity index (χ0) is 5.98. The van der Waals surface area contributed by atoms with Crippen molar-refractivity contribution in [1.82, 2.24) is 9.97 Å². The van der Waals surface area contributed by atoms with Crippen LogP contribution in [0.2, 0.25) is 0 Å². The largest absolute Gasteiger partial charge is 0.338 e. The summed E-state index contributed by atoms with van der Waals surface area (Å²) in [5, 5.41) is 8.24. The lowest BCUT2D eigenvalue weighted by Crippen LogP contribution is -1.69. The summed E-state index contributed by atoms with van der Waals surface area (Å²) in [7, 11) is 0. The van der Waals surface area contributed by atoms with Gasteiger partial charge in [0.1, 0.15) is 10.7 Å². The molecule has 0 atom stereocenters. The average molecular weight is 172 g/mol. The molecule has 0 unspecified atom stereocenters. The first kappa shape index (κ1) is 5.32. The van der Waals surface area contributed by atoms with Gasteiger partial charge in [-0.3, -0.25) is 0 Å². The SMILES string of the molecule is N#Cc1nc[nH]c1Br. The van der Waals surface area contributed by atoms with Crippen molar-refractivity contribution in [3.05, 3.63) is 16.6 Å². The summed E-state index contributed by atoms with van der Waals surface area (Å²) in [6.45, 7) is 0. The Labute approximate surface area is 54.5 Å². The number of aromatic amines is 1. The number of aromatic nitrogens is 2. The van der Waals surface area contributed by atoms with E-state index in [2.05, 4.69) is 25.9 Å². The van der Waals surface area contributed by atoms with Crippen LogP contribution in [-0.4, -0.2) is 9.97 Å². The van der Waals surface area contributed by atoms with Crippen LogP contribution in [0.1, 0.15) is 5.69 Å². The van der Waals surface area contributed by atoms with E-state index in [0.717, 1.165) is 0 Å². The van der Waals surface area contributed by atoms with Gasteiger partial charge in [0.05, 0.1) is 6.33 Å². The number of hydrogen-bond donors (Lipinski definition) is 1. The van der Waals surface area contributed by atoms with Crippen LogP contribution in [0, 0.1) is 11.3 Å². The first-order chi connectivity index (χ1) is 3.84. The topological polar surface area (TPSA) is 52.5 Å². The minimum atomic E-state index is 0.394. The Hall–Kier alpha value is -0.820. The summed E-state index contributed by atoms with van der Waals surface area (Å²) in [6, 6.07) is 1.89. The Morgan fingerprint density at radius 3 is 2.88 bits per heavy atom. The monoisotopic (exact) mass is 171 g/mol. The van der Waals surface area contributed by atoms with Crippen LogP contribution < -0.4 is 0 Å². The third-order valence-electron chi connectivity index (χ3n) is 0.699. The molecule has 0 bridgehead atoms. The fraction of sp³-hybridized carbons (Fsp3) is 0. The molecule has 1 N–H and O–H groups in total. The van der Waals surface area contributed by atoms with E-state index in [1.54, 1.807) is 0 Å². The second kappa shape index (κ2) is 1.97. The van der Waals surface area contributed by atoms with Gasteiger partial charge in [-0.15, -0.1) is 0 Å². The van der Waals surface area contributed by atoms with Gasteiger partial charge in [0.15, 0.2) is 5.69 Å². The Morgan fingerprint density at radius 1 is 1.88 bits per heavy atom. The molecule has 1 heterocycles. The number of H-pyrrole nitrogens is 1. The Kier molecular flexibility index (Phi) is 1.31. The summed E-state index contributed by atoms with van der Waals surface area (Å²) < 4.78 is 0.639. The number of rotatable bonds is 0. The van der Waals surface area contributed by atoms with Gasteiger partial charge in [-0.1, -0.05) is 0 Å². The van der Waals surface area contributed by atoms with Crippen LogP contribution in [0.3, 0.4) is 0 Å². The van der Waals surface area contributed by atoms with Crippen molar-refractivity contribution in [2.75, 3.05) is 0 Å². The normalized spacial score (nSPS) is 8.50. The molecule has 0 aliphatic rings.